The van der Waals surface area contributed by atoms with Crippen LogP contribution >= 0.6 is 0 Å². The number of hydrogen-bond donors (Lipinski definition) is 5. The van der Waals surface area contributed by atoms with Crippen LogP contribution in [-0.2, 0) is 25.0 Å². The first-order chi connectivity index (χ1) is 18.2. The third-order valence-corrected chi connectivity index (χ3v) is 6.98. The van der Waals surface area contributed by atoms with E-state index in [1.54, 1.807) is 0 Å². The molecule has 0 aliphatic carbocycles. The third-order valence-electron chi connectivity index (χ3n) is 5.24. The van der Waals surface area contributed by atoms with Crippen molar-refractivity contribution in [2.75, 3.05) is 5.01 Å². The van der Waals surface area contributed by atoms with Crippen LogP contribution in [-0.4, -0.2) is 68.8 Å². The number of aliphatic hydroxyl groups is 1. The van der Waals surface area contributed by atoms with E-state index in [0.29, 0.717) is 0 Å². The summed E-state index contributed by atoms with van der Waals surface area (Å²) < 4.78 is 63.8. The van der Waals surface area contributed by atoms with Crippen molar-refractivity contribution in [2.24, 2.45) is 5.10 Å². The summed E-state index contributed by atoms with van der Waals surface area (Å²) in [6.45, 7) is 0. The number of aliphatic hydroxyl groups excluding tert-OH is 1. The second-order valence-electron chi connectivity index (χ2n) is 7.72. The molecule has 39 heavy (non-hydrogen) atoms. The maximum absolute atomic E-state index is 12.7. The van der Waals surface area contributed by atoms with Crippen LogP contribution in [0.4, 0.5) is 5.69 Å². The third kappa shape index (κ3) is 5.41. The van der Waals surface area contributed by atoms with Gasteiger partial charge in [0, 0.05) is 0 Å². The largest absolute Gasteiger partial charge is 0.493 e. The van der Waals surface area contributed by atoms with E-state index in [-0.39, 0.29) is 22.5 Å². The minimum atomic E-state index is -4.49. The lowest BCUT2D eigenvalue weighted by Gasteiger charge is -2.11. The number of amides is 1. The van der Waals surface area contributed by atoms with Gasteiger partial charge in [-0.15, -0.1) is 5.10 Å². The lowest BCUT2D eigenvalue weighted by Crippen LogP contribution is -2.21. The van der Waals surface area contributed by atoms with Crippen LogP contribution in [0, 0.1) is 0 Å². The predicted molar refractivity (Wildman–Crippen MR) is 133 cm³/mol. The second-order valence-corrected chi connectivity index (χ2v) is 10.6. The van der Waals surface area contributed by atoms with Crippen LogP contribution in [0.15, 0.2) is 81.1 Å². The van der Waals surface area contributed by atoms with Gasteiger partial charge in [-0.05, 0) is 60.7 Å². The number of allylic oxidation sites excluding steroid dienone is 2. The smallest absolute Gasteiger partial charge is 0.357 e. The number of carbonyl (C=O) groups excluding carboxylic acids is 1. The van der Waals surface area contributed by atoms with Crippen LogP contribution in [0.25, 0.3) is 11.8 Å². The summed E-state index contributed by atoms with van der Waals surface area (Å²) >= 11 is 0. The first-order valence-electron chi connectivity index (χ1n) is 10.4. The molecule has 0 fully saturated rings. The highest BCUT2D eigenvalue weighted by molar-refractivity contribution is 7.86. The SMILES string of the molecule is O=C(O)c1nn(-c2ccc(S(=O)(=O)O)cc2)c(O)c1C=CC=C1C(=O)N(c2ccc(S(=O)(=O)O)cc2)N=C1O. The Morgan fingerprint density at radius 3 is 1.85 bits per heavy atom. The van der Waals surface area contributed by atoms with E-state index in [1.807, 2.05) is 0 Å². The topological polar surface area (TPSA) is 237 Å². The lowest BCUT2D eigenvalue weighted by molar-refractivity contribution is -0.114. The van der Waals surface area contributed by atoms with Gasteiger partial charge in [-0.25, -0.2) is 4.79 Å². The Hall–Kier alpha value is -4.84. The zero-order chi connectivity index (χ0) is 28.7. The minimum absolute atomic E-state index is 0.0619. The van der Waals surface area contributed by atoms with Crippen molar-refractivity contribution in [3.8, 4) is 11.6 Å². The first-order valence-corrected chi connectivity index (χ1v) is 13.3. The van der Waals surface area contributed by atoms with Crippen molar-refractivity contribution in [3.05, 3.63) is 77.5 Å². The molecule has 1 aliphatic rings. The van der Waals surface area contributed by atoms with Gasteiger partial charge in [0.15, 0.2) is 5.69 Å². The standard InChI is InChI=1S/C22H16N4O11S2/c27-19-17(21(29)26(24-19)13-6-10-15(11-7-13)39(35,36)37)3-1-2-16-18(22(30)31)23-25(20(16)28)12-4-8-14(9-5-12)38(32,33)34/h1-11,28H,(H,24,27)(H,30,31)(H,32,33,34)(H,35,36,37). The average Bonchev–Trinajstić information content (AvgIpc) is 3.34. The quantitative estimate of drug-likeness (QED) is 0.199. The number of benzene rings is 2. The number of hydrazone groups is 1. The highest BCUT2D eigenvalue weighted by Crippen LogP contribution is 2.28. The molecule has 0 bridgehead atoms. The number of anilines is 1. The van der Waals surface area contributed by atoms with Gasteiger partial charge in [-0.3, -0.25) is 13.9 Å². The van der Waals surface area contributed by atoms with E-state index < -0.39 is 59.4 Å². The Bertz CT molecular complexity index is 1800. The van der Waals surface area contributed by atoms with Gasteiger partial charge >= 0.3 is 5.97 Å². The molecule has 0 saturated carbocycles. The zero-order valence-electron chi connectivity index (χ0n) is 19.1. The number of carbonyl (C=O) groups is 2. The van der Waals surface area contributed by atoms with Crippen molar-refractivity contribution in [1.82, 2.24) is 9.78 Å². The first kappa shape index (κ1) is 27.2. The van der Waals surface area contributed by atoms with E-state index in [9.17, 15) is 41.7 Å². The molecule has 1 aliphatic heterocycles. The van der Waals surface area contributed by atoms with E-state index in [2.05, 4.69) is 10.2 Å². The molecule has 0 saturated heterocycles. The number of aromatic carboxylic acids is 1. The summed E-state index contributed by atoms with van der Waals surface area (Å²) in [4.78, 5) is 23.6. The summed E-state index contributed by atoms with van der Waals surface area (Å²) in [6, 6.07) is 8.76. The van der Waals surface area contributed by atoms with Gasteiger partial charge in [-0.2, -0.15) is 31.6 Å². The molecule has 2 aromatic carbocycles. The zero-order valence-corrected chi connectivity index (χ0v) is 20.8. The van der Waals surface area contributed by atoms with Gasteiger partial charge < -0.3 is 15.3 Å². The van der Waals surface area contributed by atoms with Gasteiger partial charge in [0.25, 0.3) is 26.1 Å². The molecular formula is C22H16N4O11S2. The number of hydrogen-bond acceptors (Lipinski definition) is 9. The average molecular weight is 577 g/mol. The highest BCUT2D eigenvalue weighted by atomic mass is 32.2. The summed E-state index contributed by atoms with van der Waals surface area (Å²) in [5.74, 6) is -3.71. The number of aromatic hydroxyl groups is 1. The molecule has 202 valence electrons. The van der Waals surface area contributed by atoms with Crippen LogP contribution in [0.5, 0.6) is 5.88 Å². The molecule has 2 heterocycles. The van der Waals surface area contributed by atoms with Crippen LogP contribution in [0.1, 0.15) is 16.1 Å². The lowest BCUT2D eigenvalue weighted by atomic mass is 10.2. The van der Waals surface area contributed by atoms with Gasteiger partial charge in [0.1, 0.15) is 5.57 Å². The summed E-state index contributed by atoms with van der Waals surface area (Å²) in [7, 11) is -8.95. The minimum Gasteiger partial charge on any atom is -0.493 e. The van der Waals surface area contributed by atoms with Gasteiger partial charge in [0.05, 0.1) is 26.7 Å². The number of carboxylic acid groups (broad SMARTS) is 1. The molecule has 5 N–H and O–H groups in total. The van der Waals surface area contributed by atoms with Gasteiger partial charge in [0.2, 0.25) is 11.8 Å². The second kappa shape index (κ2) is 9.80. The van der Waals surface area contributed by atoms with E-state index in [1.165, 1.54) is 24.3 Å². The molecule has 0 unspecified atom stereocenters. The molecule has 1 amide bonds. The normalized spacial score (nSPS) is 15.3. The number of nitrogens with zero attached hydrogens (tertiary/aromatic N) is 4. The number of carboxylic acids is 1. The maximum Gasteiger partial charge on any atom is 0.357 e. The summed E-state index contributed by atoms with van der Waals surface area (Å²) in [5.41, 5.74) is -1.09. The fourth-order valence-corrected chi connectivity index (χ4v) is 4.36. The Kier molecular flexibility index (Phi) is 6.83. The Morgan fingerprint density at radius 2 is 1.36 bits per heavy atom. The monoisotopic (exact) mass is 576 g/mol. The van der Waals surface area contributed by atoms with Crippen molar-refractivity contribution in [2.45, 2.75) is 9.79 Å². The number of rotatable bonds is 7. The Morgan fingerprint density at radius 1 is 0.846 bits per heavy atom. The van der Waals surface area contributed by atoms with Crippen LogP contribution in [0.3, 0.4) is 0 Å². The molecule has 15 nitrogen and oxygen atoms in total. The van der Waals surface area contributed by atoms with Gasteiger partial charge in [-0.1, -0.05) is 6.08 Å². The predicted octanol–water partition coefficient (Wildman–Crippen LogP) is 1.63. The van der Waals surface area contributed by atoms with Crippen molar-refractivity contribution < 1.29 is 50.8 Å². The Labute approximate surface area is 219 Å². The van der Waals surface area contributed by atoms with Crippen molar-refractivity contribution in [3.63, 3.8) is 0 Å². The highest BCUT2D eigenvalue weighted by Gasteiger charge is 2.31. The molecule has 0 spiro atoms. The molecule has 17 heteroatoms. The van der Waals surface area contributed by atoms with Crippen molar-refractivity contribution >= 4 is 49.8 Å². The fourth-order valence-electron chi connectivity index (χ4n) is 3.40. The molecule has 3 aromatic rings. The van der Waals surface area contributed by atoms with Crippen LogP contribution in [0.2, 0.25) is 0 Å². The number of aromatic nitrogens is 2. The molecule has 1 aromatic heterocycles. The van der Waals surface area contributed by atoms with Crippen LogP contribution < -0.4 is 5.01 Å². The molecule has 0 atom stereocenters. The molecule has 0 radical (unpaired) electrons. The maximum atomic E-state index is 12.7. The van der Waals surface area contributed by atoms with Crippen molar-refractivity contribution in [1.29, 1.82) is 0 Å². The molecular weight excluding hydrogens is 560 g/mol. The van der Waals surface area contributed by atoms with E-state index in [4.69, 9.17) is 9.11 Å². The summed E-state index contributed by atoms with van der Waals surface area (Å²) in [5, 5.41) is 38.5. The fraction of sp³-hybridized carbons (Fsp3) is 0. The van der Waals surface area contributed by atoms with E-state index >= 15 is 0 Å². The Balaban J connectivity index is 1.63. The van der Waals surface area contributed by atoms with E-state index in [0.717, 1.165) is 52.2 Å². The summed E-state index contributed by atoms with van der Waals surface area (Å²) in [6.07, 6.45) is 3.31. The molecule has 4 rings (SSSR count).